The molecule has 0 aliphatic carbocycles. The summed E-state index contributed by atoms with van der Waals surface area (Å²) in [4.78, 5) is 6.63. The lowest BCUT2D eigenvalue weighted by Gasteiger charge is -2.23. The highest BCUT2D eigenvalue weighted by atomic mass is 15.1. The van der Waals surface area contributed by atoms with Crippen LogP contribution in [0, 0.1) is 6.92 Å². The molecule has 0 saturated heterocycles. The van der Waals surface area contributed by atoms with Gasteiger partial charge in [0.15, 0.2) is 0 Å². The minimum absolute atomic E-state index is 1.06. The minimum Gasteiger partial charge on any atom is -0.348 e. The number of aliphatic imine (C=N–C) groups is 1. The second kappa shape index (κ2) is 4.97. The first-order valence-electron chi connectivity index (χ1n) is 6.81. The van der Waals surface area contributed by atoms with Crippen LogP contribution >= 0.6 is 0 Å². The summed E-state index contributed by atoms with van der Waals surface area (Å²) in [7, 11) is 2.08. The summed E-state index contributed by atoms with van der Waals surface area (Å²) >= 11 is 0. The van der Waals surface area contributed by atoms with Crippen molar-refractivity contribution in [3.8, 4) is 0 Å². The van der Waals surface area contributed by atoms with Gasteiger partial charge in [0, 0.05) is 35.8 Å². The molecule has 2 aliphatic heterocycles. The minimum atomic E-state index is 1.06. The predicted molar refractivity (Wildman–Crippen MR) is 86.1 cm³/mol. The number of nitrogens with zero attached hydrogens (tertiary/aromatic N) is 2. The van der Waals surface area contributed by atoms with Crippen molar-refractivity contribution in [1.29, 1.82) is 0 Å². The Hall–Kier alpha value is -2.35. The van der Waals surface area contributed by atoms with Gasteiger partial charge in [-0.1, -0.05) is 23.8 Å². The largest absolute Gasteiger partial charge is 0.348 e. The first-order valence-corrected chi connectivity index (χ1v) is 6.81. The number of benzene rings is 1. The van der Waals surface area contributed by atoms with Crippen molar-refractivity contribution in [3.63, 3.8) is 0 Å². The van der Waals surface area contributed by atoms with Crippen LogP contribution in [-0.4, -0.2) is 18.2 Å². The molecule has 100 valence electrons. The topological polar surface area (TPSA) is 15.6 Å². The van der Waals surface area contributed by atoms with Gasteiger partial charge in [-0.15, -0.1) is 0 Å². The van der Waals surface area contributed by atoms with Crippen LogP contribution < -0.4 is 0 Å². The zero-order valence-corrected chi connectivity index (χ0v) is 12.1. The molecule has 2 heteroatoms. The van der Waals surface area contributed by atoms with Crippen LogP contribution in [0.2, 0.25) is 0 Å². The number of hydrogen-bond donors (Lipinski definition) is 0. The van der Waals surface area contributed by atoms with E-state index in [9.17, 15) is 0 Å². The fourth-order valence-corrected chi connectivity index (χ4v) is 2.39. The van der Waals surface area contributed by atoms with Crippen molar-refractivity contribution in [2.75, 3.05) is 7.05 Å². The second-order valence-corrected chi connectivity index (χ2v) is 5.22. The maximum atomic E-state index is 4.45. The lowest BCUT2D eigenvalue weighted by molar-refractivity contribution is 0.533. The number of aryl methyl sites for hydroxylation is 1. The second-order valence-electron chi connectivity index (χ2n) is 5.22. The van der Waals surface area contributed by atoms with Gasteiger partial charge in [-0.05, 0) is 44.2 Å². The van der Waals surface area contributed by atoms with E-state index >= 15 is 0 Å². The van der Waals surface area contributed by atoms with Crippen LogP contribution in [0.4, 0.5) is 5.69 Å². The highest BCUT2D eigenvalue weighted by molar-refractivity contribution is 6.16. The molecular weight excluding hydrogens is 244 g/mol. The van der Waals surface area contributed by atoms with E-state index in [1.54, 1.807) is 0 Å². The Balaban J connectivity index is 1.93. The van der Waals surface area contributed by atoms with Crippen LogP contribution in [0.25, 0.3) is 5.57 Å². The summed E-state index contributed by atoms with van der Waals surface area (Å²) in [6, 6.07) is 6.37. The highest BCUT2D eigenvalue weighted by Crippen LogP contribution is 2.32. The van der Waals surface area contributed by atoms with Gasteiger partial charge in [0.05, 0.1) is 5.69 Å². The zero-order valence-electron chi connectivity index (χ0n) is 12.1. The Morgan fingerprint density at radius 3 is 2.85 bits per heavy atom. The maximum absolute atomic E-state index is 4.45. The van der Waals surface area contributed by atoms with Crippen molar-refractivity contribution >= 4 is 17.5 Å². The quantitative estimate of drug-likeness (QED) is 0.733. The summed E-state index contributed by atoms with van der Waals surface area (Å²) < 4.78 is 0. The van der Waals surface area contributed by atoms with Gasteiger partial charge in [-0.3, -0.25) is 4.99 Å². The molecule has 20 heavy (non-hydrogen) atoms. The lowest BCUT2D eigenvalue weighted by atomic mass is 10.0. The Kier molecular flexibility index (Phi) is 3.15. The van der Waals surface area contributed by atoms with E-state index in [1.807, 2.05) is 6.21 Å². The molecule has 0 fully saturated rings. The standard InChI is InChI=1S/C18H18N2/c1-13-7-10-18-17(11-13)15(12-19-18)8-9-16-6-4-5-14(2)20(16)3/h4-12H,1-3H3/b15-8+,16-9-. The van der Waals surface area contributed by atoms with Crippen LogP contribution in [0.15, 0.2) is 65.0 Å². The van der Waals surface area contributed by atoms with Crippen molar-refractivity contribution in [2.45, 2.75) is 13.8 Å². The Morgan fingerprint density at radius 2 is 2.00 bits per heavy atom. The van der Waals surface area contributed by atoms with E-state index < -0.39 is 0 Å². The van der Waals surface area contributed by atoms with E-state index in [0.29, 0.717) is 0 Å². The monoisotopic (exact) mass is 262 g/mol. The average molecular weight is 262 g/mol. The third-order valence-electron chi connectivity index (χ3n) is 3.76. The van der Waals surface area contributed by atoms with Gasteiger partial charge in [-0.2, -0.15) is 0 Å². The number of allylic oxidation sites excluding steroid dienone is 7. The van der Waals surface area contributed by atoms with E-state index in [2.05, 4.69) is 79.4 Å². The van der Waals surface area contributed by atoms with E-state index in [0.717, 1.165) is 5.69 Å². The molecule has 0 saturated carbocycles. The van der Waals surface area contributed by atoms with Crippen LogP contribution in [0.1, 0.15) is 18.1 Å². The Labute approximate surface area is 120 Å². The summed E-state index contributed by atoms with van der Waals surface area (Å²) in [6.07, 6.45) is 12.5. The summed E-state index contributed by atoms with van der Waals surface area (Å²) in [5.74, 6) is 0. The van der Waals surface area contributed by atoms with E-state index in [4.69, 9.17) is 0 Å². The molecule has 0 bridgehead atoms. The molecule has 0 unspecified atom stereocenters. The predicted octanol–water partition coefficient (Wildman–Crippen LogP) is 4.38. The first-order chi connectivity index (χ1) is 9.65. The molecule has 2 aliphatic rings. The van der Waals surface area contributed by atoms with Crippen molar-refractivity contribution in [1.82, 2.24) is 4.90 Å². The Bertz CT molecular complexity index is 700. The molecule has 0 atom stereocenters. The van der Waals surface area contributed by atoms with Crippen molar-refractivity contribution in [2.24, 2.45) is 4.99 Å². The molecule has 0 aromatic heterocycles. The Morgan fingerprint density at radius 1 is 1.15 bits per heavy atom. The number of rotatable bonds is 1. The fraction of sp³-hybridized carbons (Fsp3) is 0.167. The molecule has 0 spiro atoms. The molecule has 0 N–H and O–H groups in total. The van der Waals surface area contributed by atoms with Gasteiger partial charge in [0.2, 0.25) is 0 Å². The van der Waals surface area contributed by atoms with Crippen LogP contribution in [-0.2, 0) is 0 Å². The summed E-state index contributed by atoms with van der Waals surface area (Å²) in [6.45, 7) is 4.22. The van der Waals surface area contributed by atoms with E-state index in [1.165, 1.54) is 28.1 Å². The van der Waals surface area contributed by atoms with E-state index in [-0.39, 0.29) is 0 Å². The van der Waals surface area contributed by atoms with Crippen molar-refractivity contribution in [3.05, 3.63) is 71.1 Å². The number of hydrogen-bond acceptors (Lipinski definition) is 2. The van der Waals surface area contributed by atoms with Gasteiger partial charge >= 0.3 is 0 Å². The molecule has 3 rings (SSSR count). The number of fused-ring (bicyclic) bond motifs is 1. The van der Waals surface area contributed by atoms with Crippen LogP contribution in [0.5, 0.6) is 0 Å². The van der Waals surface area contributed by atoms with Gasteiger partial charge in [-0.25, -0.2) is 0 Å². The van der Waals surface area contributed by atoms with Gasteiger partial charge in [0.25, 0.3) is 0 Å². The third-order valence-corrected chi connectivity index (χ3v) is 3.76. The average Bonchev–Trinajstić information content (AvgIpc) is 2.83. The fourth-order valence-electron chi connectivity index (χ4n) is 2.39. The lowest BCUT2D eigenvalue weighted by Crippen LogP contribution is -2.15. The van der Waals surface area contributed by atoms with Crippen molar-refractivity contribution < 1.29 is 0 Å². The number of likely N-dealkylation sites (N-methyl/N-ethyl adjacent to an activating group) is 1. The maximum Gasteiger partial charge on any atom is 0.0708 e. The summed E-state index contributed by atoms with van der Waals surface area (Å²) in [5, 5.41) is 0. The third kappa shape index (κ3) is 2.25. The molecule has 2 heterocycles. The molecule has 2 nitrogen and oxygen atoms in total. The van der Waals surface area contributed by atoms with Gasteiger partial charge in [0.1, 0.15) is 0 Å². The smallest absolute Gasteiger partial charge is 0.0708 e. The van der Waals surface area contributed by atoms with Crippen LogP contribution in [0.3, 0.4) is 0 Å². The molecule has 1 aromatic carbocycles. The molecule has 0 radical (unpaired) electrons. The zero-order chi connectivity index (χ0) is 14.1. The normalized spacial score (nSPS) is 20.8. The highest BCUT2D eigenvalue weighted by Gasteiger charge is 2.11. The van der Waals surface area contributed by atoms with Gasteiger partial charge < -0.3 is 4.90 Å². The SMILES string of the molecule is CC1=CC=C/C(=C/C=C2\C=Nc3ccc(C)cc32)N1C. The molecule has 1 aromatic rings. The molecular formula is C18H18N2. The molecule has 0 amide bonds. The first kappa shape index (κ1) is 12.7. The summed E-state index contributed by atoms with van der Waals surface area (Å²) in [5.41, 5.74) is 7.15.